The van der Waals surface area contributed by atoms with Gasteiger partial charge in [-0.15, -0.1) is 0 Å². The molecule has 1 fully saturated rings. The number of ketones is 1. The van der Waals surface area contributed by atoms with Gasteiger partial charge in [0.1, 0.15) is 5.78 Å². The first-order chi connectivity index (χ1) is 7.63. The summed E-state index contributed by atoms with van der Waals surface area (Å²) in [5, 5.41) is 0. The summed E-state index contributed by atoms with van der Waals surface area (Å²) in [4.78, 5) is 11.3. The molecule has 96 valence electrons. The number of Topliss-reactive ketones (excluding diaryl/α,β-unsaturated/α-hetero) is 1. The Hall–Kier alpha value is -0.590. The minimum Gasteiger partial charge on any atom is -0.300 e. The van der Waals surface area contributed by atoms with E-state index in [0.717, 1.165) is 6.42 Å². The first-order valence-electron chi connectivity index (χ1n) is 6.78. The zero-order chi connectivity index (χ0) is 13.1. The molecule has 0 heterocycles. The third-order valence-electron chi connectivity index (χ3n) is 2.92. The Labute approximate surface area is 102 Å². The molecule has 1 aliphatic rings. The maximum atomic E-state index is 11.3. The molecule has 0 aromatic rings. The number of hydrogen-bond acceptors (Lipinski definition) is 1. The first kappa shape index (κ1) is 17.8. The van der Waals surface area contributed by atoms with Crippen LogP contribution in [0, 0.1) is 11.8 Å². The monoisotopic (exact) mass is 226 g/mol. The van der Waals surface area contributed by atoms with Gasteiger partial charge in [-0.25, -0.2) is 0 Å². The average Bonchev–Trinajstić information content (AvgIpc) is 2.34. The molecule has 0 aliphatic heterocycles. The van der Waals surface area contributed by atoms with Crippen molar-refractivity contribution in [2.24, 2.45) is 11.8 Å². The molecule has 0 saturated heterocycles. The van der Waals surface area contributed by atoms with Crippen molar-refractivity contribution >= 4 is 5.78 Å². The quantitative estimate of drug-likeness (QED) is 0.605. The van der Waals surface area contributed by atoms with Crippen LogP contribution in [0.5, 0.6) is 0 Å². The number of carbonyl (C=O) groups is 1. The van der Waals surface area contributed by atoms with Gasteiger partial charge in [0.25, 0.3) is 0 Å². The maximum Gasteiger partial charge on any atom is 0.133 e. The highest BCUT2D eigenvalue weighted by atomic mass is 16.1. The van der Waals surface area contributed by atoms with Crippen molar-refractivity contribution < 1.29 is 4.79 Å². The number of allylic oxidation sites excluding steroid dienone is 1. The summed E-state index contributed by atoms with van der Waals surface area (Å²) in [6, 6.07) is 0. The van der Waals surface area contributed by atoms with Gasteiger partial charge < -0.3 is 0 Å². The highest BCUT2D eigenvalue weighted by Crippen LogP contribution is 2.34. The van der Waals surface area contributed by atoms with Crippen LogP contribution in [0.4, 0.5) is 0 Å². The molecule has 16 heavy (non-hydrogen) atoms. The van der Waals surface area contributed by atoms with E-state index in [-0.39, 0.29) is 5.92 Å². The van der Waals surface area contributed by atoms with E-state index in [1.54, 1.807) is 6.92 Å². The fourth-order valence-electron chi connectivity index (χ4n) is 2.21. The number of rotatable bonds is 2. The zero-order valence-corrected chi connectivity index (χ0v) is 12.1. The molecule has 1 aliphatic carbocycles. The second kappa shape index (κ2) is 10.9. The van der Waals surface area contributed by atoms with Crippen LogP contribution in [-0.4, -0.2) is 5.78 Å². The molecule has 0 aromatic carbocycles. The van der Waals surface area contributed by atoms with Crippen LogP contribution in [0.15, 0.2) is 12.2 Å². The fraction of sp³-hybridized carbons (Fsp3) is 0.800. The van der Waals surface area contributed by atoms with Gasteiger partial charge in [0, 0.05) is 5.92 Å². The Kier molecular flexibility index (Phi) is 12.1. The fourth-order valence-corrected chi connectivity index (χ4v) is 2.21. The van der Waals surface area contributed by atoms with Crippen molar-refractivity contribution in [3.05, 3.63) is 12.2 Å². The summed E-state index contributed by atoms with van der Waals surface area (Å²) in [6.07, 6.45) is 4.72. The third kappa shape index (κ3) is 6.09. The Morgan fingerprint density at radius 2 is 1.31 bits per heavy atom. The van der Waals surface area contributed by atoms with Gasteiger partial charge in [-0.3, -0.25) is 4.79 Å². The summed E-state index contributed by atoms with van der Waals surface area (Å²) in [7, 11) is 0. The van der Waals surface area contributed by atoms with E-state index < -0.39 is 0 Å². The van der Waals surface area contributed by atoms with Crippen LogP contribution in [-0.2, 0) is 4.79 Å². The van der Waals surface area contributed by atoms with E-state index in [1.165, 1.54) is 24.8 Å². The van der Waals surface area contributed by atoms with E-state index in [4.69, 9.17) is 0 Å². The molecule has 1 nitrogen and oxygen atoms in total. The zero-order valence-electron chi connectivity index (χ0n) is 12.1. The molecule has 0 radical (unpaired) electrons. The van der Waals surface area contributed by atoms with Crippen molar-refractivity contribution in [1.82, 2.24) is 0 Å². The third-order valence-corrected chi connectivity index (χ3v) is 2.92. The minimum absolute atomic E-state index is 0.274. The van der Waals surface area contributed by atoms with Crippen LogP contribution in [0.2, 0.25) is 0 Å². The summed E-state index contributed by atoms with van der Waals surface area (Å²) in [6.45, 7) is 15.7. The van der Waals surface area contributed by atoms with Crippen LogP contribution >= 0.6 is 0 Å². The lowest BCUT2D eigenvalue weighted by atomic mass is 9.74. The molecule has 1 heteroatoms. The largest absolute Gasteiger partial charge is 0.300 e. The lowest BCUT2D eigenvalue weighted by Crippen LogP contribution is -2.25. The standard InChI is InChI=1S/C11H18O.2C2H6/c1-8(2)10-6-4-5-7-11(10)9(3)12;2*1-2/h10-11H,1,4-7H2,2-3H3;2*1-2H3/t10-,11+;;/m1../s1. The summed E-state index contributed by atoms with van der Waals surface area (Å²) in [5.74, 6) is 1.09. The smallest absolute Gasteiger partial charge is 0.133 e. The Bertz CT molecular complexity index is 172. The highest BCUT2D eigenvalue weighted by Gasteiger charge is 2.28. The predicted molar refractivity (Wildman–Crippen MR) is 73.6 cm³/mol. The summed E-state index contributed by atoms with van der Waals surface area (Å²) >= 11 is 0. The van der Waals surface area contributed by atoms with Gasteiger partial charge in [0.05, 0.1) is 0 Å². The number of hydrogen-bond donors (Lipinski definition) is 0. The Balaban J connectivity index is 0. The molecule has 1 saturated carbocycles. The van der Waals surface area contributed by atoms with E-state index >= 15 is 0 Å². The number of carbonyl (C=O) groups excluding carboxylic acids is 1. The van der Waals surface area contributed by atoms with Crippen LogP contribution in [0.25, 0.3) is 0 Å². The minimum atomic E-state index is 0.274. The SMILES string of the molecule is C=C(C)[C@H]1CCCC[C@H]1C(C)=O.CC.CC. The van der Waals surface area contributed by atoms with E-state index in [1.807, 2.05) is 34.6 Å². The van der Waals surface area contributed by atoms with Crippen molar-refractivity contribution in [2.75, 3.05) is 0 Å². The van der Waals surface area contributed by atoms with Gasteiger partial charge in [-0.1, -0.05) is 52.7 Å². The predicted octanol–water partition coefficient (Wildman–Crippen LogP) is 5.01. The molecular formula is C15H30O. The topological polar surface area (TPSA) is 17.1 Å². The lowest BCUT2D eigenvalue weighted by Gasteiger charge is -2.29. The van der Waals surface area contributed by atoms with Crippen molar-refractivity contribution in [3.8, 4) is 0 Å². The van der Waals surface area contributed by atoms with Gasteiger partial charge in [-0.05, 0) is 32.6 Å². The summed E-state index contributed by atoms with van der Waals surface area (Å²) < 4.78 is 0. The molecule has 1 rings (SSSR count). The van der Waals surface area contributed by atoms with Gasteiger partial charge in [0.2, 0.25) is 0 Å². The van der Waals surface area contributed by atoms with Gasteiger partial charge in [0.15, 0.2) is 0 Å². The molecular weight excluding hydrogens is 196 g/mol. The van der Waals surface area contributed by atoms with Crippen LogP contribution in [0.1, 0.15) is 67.2 Å². The molecule has 2 atom stereocenters. The van der Waals surface area contributed by atoms with Gasteiger partial charge >= 0.3 is 0 Å². The van der Waals surface area contributed by atoms with E-state index in [0.29, 0.717) is 11.7 Å². The second-order valence-corrected chi connectivity index (χ2v) is 3.95. The normalized spacial score (nSPS) is 23.1. The average molecular weight is 226 g/mol. The lowest BCUT2D eigenvalue weighted by molar-refractivity contribution is -0.122. The molecule has 0 unspecified atom stereocenters. The van der Waals surface area contributed by atoms with Crippen LogP contribution < -0.4 is 0 Å². The Morgan fingerprint density at radius 3 is 1.56 bits per heavy atom. The van der Waals surface area contributed by atoms with Crippen molar-refractivity contribution in [2.45, 2.75) is 67.2 Å². The van der Waals surface area contributed by atoms with E-state index in [2.05, 4.69) is 6.58 Å². The van der Waals surface area contributed by atoms with Gasteiger partial charge in [-0.2, -0.15) is 0 Å². The molecule has 0 bridgehead atoms. The van der Waals surface area contributed by atoms with Crippen molar-refractivity contribution in [1.29, 1.82) is 0 Å². The summed E-state index contributed by atoms with van der Waals surface area (Å²) in [5.41, 5.74) is 1.19. The molecule has 0 amide bonds. The molecule has 0 aromatic heterocycles. The highest BCUT2D eigenvalue weighted by molar-refractivity contribution is 5.79. The molecule has 0 spiro atoms. The van der Waals surface area contributed by atoms with Crippen LogP contribution in [0.3, 0.4) is 0 Å². The first-order valence-corrected chi connectivity index (χ1v) is 6.78. The maximum absolute atomic E-state index is 11.3. The Morgan fingerprint density at radius 1 is 0.938 bits per heavy atom. The van der Waals surface area contributed by atoms with Crippen molar-refractivity contribution in [3.63, 3.8) is 0 Å². The second-order valence-electron chi connectivity index (χ2n) is 3.95. The van der Waals surface area contributed by atoms with E-state index in [9.17, 15) is 4.79 Å². The molecule has 0 N–H and O–H groups in total.